The average molecular weight is 415 g/mol. The molecule has 3 heterocycles. The van der Waals surface area contributed by atoms with Gasteiger partial charge in [-0.25, -0.2) is 4.39 Å². The van der Waals surface area contributed by atoms with Gasteiger partial charge in [-0.3, -0.25) is 9.78 Å². The van der Waals surface area contributed by atoms with Gasteiger partial charge in [-0.05, 0) is 46.8 Å². The molecular formula is C22H18FN7O. The number of carbonyl (C=O) groups excluding carboxylic acids is 1. The number of anilines is 1. The second kappa shape index (κ2) is 7.94. The first-order valence-electron chi connectivity index (χ1n) is 9.79. The quantitative estimate of drug-likeness (QED) is 0.539. The Bertz CT molecular complexity index is 1200. The van der Waals surface area contributed by atoms with E-state index in [0.29, 0.717) is 35.9 Å². The van der Waals surface area contributed by atoms with Gasteiger partial charge in [0.2, 0.25) is 0 Å². The number of nitrogens with one attached hydrogen (secondary N) is 1. The molecule has 9 heteroatoms. The Morgan fingerprint density at radius 3 is 2.61 bits per heavy atom. The van der Waals surface area contributed by atoms with Gasteiger partial charge in [-0.1, -0.05) is 35.4 Å². The zero-order chi connectivity index (χ0) is 21.2. The molecule has 154 valence electrons. The number of tetrazole rings is 1. The summed E-state index contributed by atoms with van der Waals surface area (Å²) in [6.45, 7) is 1.21. The van der Waals surface area contributed by atoms with E-state index in [9.17, 15) is 9.18 Å². The Kier molecular flexibility index (Phi) is 4.83. The first-order chi connectivity index (χ1) is 15.2. The lowest BCUT2D eigenvalue weighted by Gasteiger charge is -2.39. The Hall–Kier alpha value is -4.14. The molecule has 1 amide bonds. The molecule has 0 aliphatic carbocycles. The monoisotopic (exact) mass is 415 g/mol. The van der Waals surface area contributed by atoms with Crippen molar-refractivity contribution >= 4 is 11.9 Å². The number of carbonyl (C=O) groups is 1. The van der Waals surface area contributed by atoms with Gasteiger partial charge in [0.25, 0.3) is 11.9 Å². The standard InChI is InChI=1S/C22H18FN7O/c23-17-6-4-5-15(11-17)20-10-9-16(12-24-20)21(31)25-18-13-29(14-18)22-26-27-28-30(22)19-7-2-1-3-8-19/h1-12,18H,13-14H2,(H,25,31). The molecule has 0 bridgehead atoms. The second-order valence-electron chi connectivity index (χ2n) is 7.24. The lowest BCUT2D eigenvalue weighted by Crippen LogP contribution is -2.60. The Labute approximate surface area is 177 Å². The number of hydrogen-bond donors (Lipinski definition) is 1. The number of nitrogens with zero attached hydrogens (tertiary/aromatic N) is 6. The van der Waals surface area contributed by atoms with Crippen LogP contribution >= 0.6 is 0 Å². The number of para-hydroxylation sites is 1. The van der Waals surface area contributed by atoms with Gasteiger partial charge in [-0.15, -0.1) is 0 Å². The molecule has 0 unspecified atom stereocenters. The van der Waals surface area contributed by atoms with Crippen molar-refractivity contribution in [3.8, 4) is 16.9 Å². The molecule has 1 saturated heterocycles. The molecule has 0 atom stereocenters. The Balaban J connectivity index is 1.20. The van der Waals surface area contributed by atoms with Crippen LogP contribution in [0.1, 0.15) is 10.4 Å². The van der Waals surface area contributed by atoms with Gasteiger partial charge < -0.3 is 10.2 Å². The van der Waals surface area contributed by atoms with Crippen molar-refractivity contribution in [3.05, 3.63) is 84.3 Å². The lowest BCUT2D eigenvalue weighted by molar-refractivity contribution is 0.0929. The third-order valence-electron chi connectivity index (χ3n) is 5.10. The first-order valence-corrected chi connectivity index (χ1v) is 9.79. The minimum Gasteiger partial charge on any atom is -0.346 e. The van der Waals surface area contributed by atoms with Gasteiger partial charge in [0.15, 0.2) is 0 Å². The van der Waals surface area contributed by atoms with Crippen molar-refractivity contribution < 1.29 is 9.18 Å². The zero-order valence-electron chi connectivity index (χ0n) is 16.4. The fourth-order valence-corrected chi connectivity index (χ4v) is 3.46. The molecule has 2 aromatic carbocycles. The summed E-state index contributed by atoms with van der Waals surface area (Å²) < 4.78 is 15.1. The van der Waals surface area contributed by atoms with Crippen molar-refractivity contribution in [2.75, 3.05) is 18.0 Å². The number of halogens is 1. The predicted octanol–water partition coefficient (Wildman–Crippen LogP) is 2.48. The summed E-state index contributed by atoms with van der Waals surface area (Å²) >= 11 is 0. The van der Waals surface area contributed by atoms with E-state index in [-0.39, 0.29) is 17.8 Å². The van der Waals surface area contributed by atoms with E-state index in [1.54, 1.807) is 28.9 Å². The molecule has 1 aliphatic rings. The molecule has 31 heavy (non-hydrogen) atoms. The fraction of sp³-hybridized carbons (Fsp3) is 0.136. The lowest BCUT2D eigenvalue weighted by atomic mass is 10.1. The molecule has 1 fully saturated rings. The van der Waals surface area contributed by atoms with Crippen molar-refractivity contribution in [1.29, 1.82) is 0 Å². The third-order valence-corrected chi connectivity index (χ3v) is 5.10. The van der Waals surface area contributed by atoms with E-state index < -0.39 is 0 Å². The van der Waals surface area contributed by atoms with Crippen LogP contribution in [0.15, 0.2) is 72.9 Å². The summed E-state index contributed by atoms with van der Waals surface area (Å²) in [4.78, 5) is 18.9. The predicted molar refractivity (Wildman–Crippen MR) is 112 cm³/mol. The number of amides is 1. The molecule has 0 spiro atoms. The molecule has 0 saturated carbocycles. The normalized spacial score (nSPS) is 13.6. The van der Waals surface area contributed by atoms with Crippen LogP contribution in [0.5, 0.6) is 0 Å². The Morgan fingerprint density at radius 2 is 1.87 bits per heavy atom. The van der Waals surface area contributed by atoms with Gasteiger partial charge in [0.05, 0.1) is 23.0 Å². The SMILES string of the molecule is O=C(NC1CN(c2nnnn2-c2ccccc2)C1)c1ccc(-c2cccc(F)c2)nc1. The highest BCUT2D eigenvalue weighted by Crippen LogP contribution is 2.21. The minimum absolute atomic E-state index is 0.0173. The fourth-order valence-electron chi connectivity index (χ4n) is 3.46. The third kappa shape index (κ3) is 3.85. The molecular weight excluding hydrogens is 397 g/mol. The molecule has 4 aromatic rings. The highest BCUT2D eigenvalue weighted by Gasteiger charge is 2.32. The van der Waals surface area contributed by atoms with Crippen LogP contribution in [0.2, 0.25) is 0 Å². The van der Waals surface area contributed by atoms with Gasteiger partial charge >= 0.3 is 0 Å². The van der Waals surface area contributed by atoms with Crippen LogP contribution in [0.25, 0.3) is 16.9 Å². The number of pyridine rings is 1. The number of rotatable bonds is 5. The van der Waals surface area contributed by atoms with E-state index >= 15 is 0 Å². The first kappa shape index (κ1) is 18.9. The number of aromatic nitrogens is 5. The number of benzene rings is 2. The molecule has 2 aromatic heterocycles. The second-order valence-corrected chi connectivity index (χ2v) is 7.24. The van der Waals surface area contributed by atoms with Crippen molar-refractivity contribution in [2.45, 2.75) is 6.04 Å². The van der Waals surface area contributed by atoms with E-state index in [1.807, 2.05) is 35.2 Å². The number of hydrogen-bond acceptors (Lipinski definition) is 6. The topological polar surface area (TPSA) is 88.8 Å². The Morgan fingerprint density at radius 1 is 1.03 bits per heavy atom. The minimum atomic E-state index is -0.325. The van der Waals surface area contributed by atoms with Crippen LogP contribution in [0.3, 0.4) is 0 Å². The van der Waals surface area contributed by atoms with Crippen molar-refractivity contribution in [3.63, 3.8) is 0 Å². The van der Waals surface area contributed by atoms with Crippen molar-refractivity contribution in [1.82, 2.24) is 30.5 Å². The molecule has 8 nitrogen and oxygen atoms in total. The average Bonchev–Trinajstić information content (AvgIpc) is 3.26. The summed E-state index contributed by atoms with van der Waals surface area (Å²) in [5.74, 6) is 0.109. The van der Waals surface area contributed by atoms with E-state index in [2.05, 4.69) is 25.8 Å². The highest BCUT2D eigenvalue weighted by molar-refractivity contribution is 5.94. The maximum absolute atomic E-state index is 13.4. The largest absolute Gasteiger partial charge is 0.346 e. The molecule has 0 radical (unpaired) electrons. The molecule has 1 N–H and O–H groups in total. The molecule has 5 rings (SSSR count). The van der Waals surface area contributed by atoms with Gasteiger partial charge in [-0.2, -0.15) is 4.68 Å². The van der Waals surface area contributed by atoms with E-state index in [4.69, 9.17) is 0 Å². The van der Waals surface area contributed by atoms with E-state index in [1.165, 1.54) is 18.3 Å². The maximum atomic E-state index is 13.4. The van der Waals surface area contributed by atoms with Crippen molar-refractivity contribution in [2.24, 2.45) is 0 Å². The summed E-state index contributed by atoms with van der Waals surface area (Å²) in [7, 11) is 0. The summed E-state index contributed by atoms with van der Waals surface area (Å²) in [5, 5.41) is 14.9. The maximum Gasteiger partial charge on any atom is 0.253 e. The van der Waals surface area contributed by atoms with Crippen LogP contribution in [0.4, 0.5) is 10.3 Å². The van der Waals surface area contributed by atoms with Gasteiger partial charge in [0, 0.05) is 24.8 Å². The van der Waals surface area contributed by atoms with Crippen LogP contribution in [-0.4, -0.2) is 50.2 Å². The van der Waals surface area contributed by atoms with E-state index in [0.717, 1.165) is 5.69 Å². The van der Waals surface area contributed by atoms with Crippen LogP contribution in [-0.2, 0) is 0 Å². The zero-order valence-corrected chi connectivity index (χ0v) is 16.4. The smallest absolute Gasteiger partial charge is 0.253 e. The highest BCUT2D eigenvalue weighted by atomic mass is 19.1. The summed E-state index contributed by atoms with van der Waals surface area (Å²) in [5.41, 5.74) is 2.60. The van der Waals surface area contributed by atoms with Gasteiger partial charge in [0.1, 0.15) is 5.82 Å². The van der Waals surface area contributed by atoms with Crippen LogP contribution in [0, 0.1) is 5.82 Å². The van der Waals surface area contributed by atoms with Crippen LogP contribution < -0.4 is 10.2 Å². The summed E-state index contributed by atoms with van der Waals surface area (Å²) in [6, 6.07) is 19.2. The molecule has 1 aliphatic heterocycles. The summed E-state index contributed by atoms with van der Waals surface area (Å²) in [6.07, 6.45) is 1.50.